The van der Waals surface area contributed by atoms with Crippen LogP contribution < -0.4 is 5.32 Å². The average Bonchev–Trinajstić information content (AvgIpc) is 2.79. The Kier molecular flexibility index (Phi) is 3.63. The third-order valence-electron chi connectivity index (χ3n) is 4.01. The molecule has 0 radical (unpaired) electrons. The molecule has 0 amide bonds. The van der Waals surface area contributed by atoms with Crippen LogP contribution in [0.5, 0.6) is 0 Å². The van der Waals surface area contributed by atoms with Gasteiger partial charge >= 0.3 is 0 Å². The van der Waals surface area contributed by atoms with Crippen LogP contribution in [0.4, 0.5) is 0 Å². The second-order valence-corrected chi connectivity index (χ2v) is 5.00. The van der Waals surface area contributed by atoms with E-state index in [2.05, 4.69) is 24.4 Å². The molecular formula is C13H23N. The van der Waals surface area contributed by atoms with Gasteiger partial charge in [0.2, 0.25) is 0 Å². The van der Waals surface area contributed by atoms with Gasteiger partial charge in [-0.15, -0.1) is 0 Å². The minimum Gasteiger partial charge on any atom is -0.316 e. The molecule has 2 fully saturated rings. The van der Waals surface area contributed by atoms with Crippen LogP contribution in [0.3, 0.4) is 0 Å². The Balaban J connectivity index is 1.58. The van der Waals surface area contributed by atoms with Crippen molar-refractivity contribution in [3.8, 4) is 0 Å². The largest absolute Gasteiger partial charge is 0.316 e. The highest BCUT2D eigenvalue weighted by Crippen LogP contribution is 2.47. The Morgan fingerprint density at radius 2 is 2.21 bits per heavy atom. The van der Waals surface area contributed by atoms with Crippen LogP contribution in [0.1, 0.15) is 39.0 Å². The fraction of sp³-hybridized carbons (Fsp3) is 0.846. The molecule has 2 aliphatic carbocycles. The summed E-state index contributed by atoms with van der Waals surface area (Å²) >= 11 is 0. The molecule has 0 aromatic heterocycles. The monoisotopic (exact) mass is 193 g/mol. The normalized spacial score (nSPS) is 35.9. The van der Waals surface area contributed by atoms with E-state index in [1.807, 2.05) is 0 Å². The SMILES string of the molecule is C/C=C/CCNCC1CC2CCC1C2. The zero-order valence-corrected chi connectivity index (χ0v) is 9.34. The summed E-state index contributed by atoms with van der Waals surface area (Å²) in [5.41, 5.74) is 0. The number of rotatable bonds is 5. The van der Waals surface area contributed by atoms with E-state index >= 15 is 0 Å². The summed E-state index contributed by atoms with van der Waals surface area (Å²) in [5, 5.41) is 3.60. The molecule has 0 aromatic rings. The van der Waals surface area contributed by atoms with Gasteiger partial charge in [0.15, 0.2) is 0 Å². The summed E-state index contributed by atoms with van der Waals surface area (Å²) in [7, 11) is 0. The predicted molar refractivity (Wildman–Crippen MR) is 61.2 cm³/mol. The number of nitrogens with one attached hydrogen (secondary N) is 1. The van der Waals surface area contributed by atoms with Gasteiger partial charge in [-0.25, -0.2) is 0 Å². The van der Waals surface area contributed by atoms with Gasteiger partial charge in [0, 0.05) is 0 Å². The smallest absolute Gasteiger partial charge is 0.00142 e. The standard InChI is InChI=1S/C13H23N/c1-2-3-4-7-14-10-13-9-11-5-6-12(13)8-11/h2-3,11-14H,4-10H2,1H3/b3-2+. The molecule has 2 saturated carbocycles. The van der Waals surface area contributed by atoms with Crippen LogP contribution in [-0.2, 0) is 0 Å². The first-order chi connectivity index (χ1) is 6.90. The highest BCUT2D eigenvalue weighted by molar-refractivity contribution is 4.90. The lowest BCUT2D eigenvalue weighted by Gasteiger charge is -2.21. The molecule has 0 aromatic carbocycles. The van der Waals surface area contributed by atoms with E-state index in [1.165, 1.54) is 32.2 Å². The van der Waals surface area contributed by atoms with E-state index in [0.717, 1.165) is 24.3 Å². The lowest BCUT2D eigenvalue weighted by Crippen LogP contribution is -2.27. The molecule has 0 aliphatic heterocycles. The van der Waals surface area contributed by atoms with Crippen molar-refractivity contribution in [1.29, 1.82) is 0 Å². The van der Waals surface area contributed by atoms with Crippen LogP contribution in [0.2, 0.25) is 0 Å². The summed E-state index contributed by atoms with van der Waals surface area (Å²) in [6.45, 7) is 4.53. The molecule has 2 bridgehead atoms. The Hall–Kier alpha value is -0.300. The Morgan fingerprint density at radius 1 is 1.29 bits per heavy atom. The van der Waals surface area contributed by atoms with E-state index in [9.17, 15) is 0 Å². The third-order valence-corrected chi connectivity index (χ3v) is 4.01. The maximum atomic E-state index is 3.60. The molecule has 14 heavy (non-hydrogen) atoms. The minimum absolute atomic E-state index is 1.01. The molecule has 2 aliphatic rings. The zero-order chi connectivity index (χ0) is 9.80. The Morgan fingerprint density at radius 3 is 2.86 bits per heavy atom. The van der Waals surface area contributed by atoms with Gasteiger partial charge in [-0.3, -0.25) is 0 Å². The first kappa shape index (κ1) is 10.2. The van der Waals surface area contributed by atoms with E-state index in [-0.39, 0.29) is 0 Å². The van der Waals surface area contributed by atoms with Gasteiger partial charge in [0.25, 0.3) is 0 Å². The van der Waals surface area contributed by atoms with Gasteiger partial charge < -0.3 is 5.32 Å². The summed E-state index contributed by atoms with van der Waals surface area (Å²) in [5.74, 6) is 3.19. The molecule has 1 N–H and O–H groups in total. The van der Waals surface area contributed by atoms with Crippen LogP contribution in [-0.4, -0.2) is 13.1 Å². The number of fused-ring (bicyclic) bond motifs is 2. The Bertz CT molecular complexity index is 197. The summed E-state index contributed by atoms with van der Waals surface area (Å²) in [6, 6.07) is 0. The van der Waals surface area contributed by atoms with E-state index in [0.29, 0.717) is 0 Å². The van der Waals surface area contributed by atoms with Crippen molar-refractivity contribution in [3.05, 3.63) is 12.2 Å². The van der Waals surface area contributed by atoms with E-state index < -0.39 is 0 Å². The lowest BCUT2D eigenvalue weighted by molar-refractivity contribution is 0.320. The first-order valence-corrected chi connectivity index (χ1v) is 6.22. The predicted octanol–water partition coefficient (Wildman–Crippen LogP) is 2.98. The quantitative estimate of drug-likeness (QED) is 0.523. The van der Waals surface area contributed by atoms with Crippen molar-refractivity contribution >= 4 is 0 Å². The van der Waals surface area contributed by atoms with Crippen molar-refractivity contribution in [1.82, 2.24) is 5.32 Å². The number of hydrogen-bond acceptors (Lipinski definition) is 1. The molecule has 2 rings (SSSR count). The topological polar surface area (TPSA) is 12.0 Å². The summed E-state index contributed by atoms with van der Waals surface area (Å²) < 4.78 is 0. The molecule has 0 heterocycles. The zero-order valence-electron chi connectivity index (χ0n) is 9.34. The fourth-order valence-electron chi connectivity index (χ4n) is 3.27. The van der Waals surface area contributed by atoms with Gasteiger partial charge in [-0.1, -0.05) is 18.6 Å². The van der Waals surface area contributed by atoms with Crippen molar-refractivity contribution in [2.45, 2.75) is 39.0 Å². The van der Waals surface area contributed by atoms with Crippen molar-refractivity contribution < 1.29 is 0 Å². The molecule has 1 heteroatoms. The molecular weight excluding hydrogens is 170 g/mol. The van der Waals surface area contributed by atoms with Gasteiger partial charge in [-0.2, -0.15) is 0 Å². The first-order valence-electron chi connectivity index (χ1n) is 6.22. The molecule has 3 unspecified atom stereocenters. The highest BCUT2D eigenvalue weighted by atomic mass is 14.9. The fourth-order valence-corrected chi connectivity index (χ4v) is 3.27. The second kappa shape index (κ2) is 4.97. The minimum atomic E-state index is 1.01. The van der Waals surface area contributed by atoms with Crippen molar-refractivity contribution in [2.24, 2.45) is 17.8 Å². The molecule has 0 saturated heterocycles. The van der Waals surface area contributed by atoms with Crippen LogP contribution in [0, 0.1) is 17.8 Å². The summed E-state index contributed by atoms with van der Waals surface area (Å²) in [6.07, 6.45) is 11.7. The van der Waals surface area contributed by atoms with E-state index in [1.54, 1.807) is 6.42 Å². The lowest BCUT2D eigenvalue weighted by atomic mass is 9.89. The highest BCUT2D eigenvalue weighted by Gasteiger charge is 2.38. The van der Waals surface area contributed by atoms with Gasteiger partial charge in [0.05, 0.1) is 0 Å². The van der Waals surface area contributed by atoms with Crippen LogP contribution >= 0.6 is 0 Å². The maximum Gasteiger partial charge on any atom is -0.00142 e. The van der Waals surface area contributed by atoms with Crippen molar-refractivity contribution in [2.75, 3.05) is 13.1 Å². The Labute approximate surface area is 88.0 Å². The van der Waals surface area contributed by atoms with Crippen molar-refractivity contribution in [3.63, 3.8) is 0 Å². The number of hydrogen-bond donors (Lipinski definition) is 1. The molecule has 1 nitrogen and oxygen atoms in total. The number of allylic oxidation sites excluding steroid dienone is 1. The molecule has 3 atom stereocenters. The molecule has 0 spiro atoms. The third kappa shape index (κ3) is 2.38. The summed E-state index contributed by atoms with van der Waals surface area (Å²) in [4.78, 5) is 0. The van der Waals surface area contributed by atoms with Gasteiger partial charge in [-0.05, 0) is 63.5 Å². The van der Waals surface area contributed by atoms with Crippen LogP contribution in [0.15, 0.2) is 12.2 Å². The maximum absolute atomic E-state index is 3.60. The average molecular weight is 193 g/mol. The van der Waals surface area contributed by atoms with E-state index in [4.69, 9.17) is 0 Å². The van der Waals surface area contributed by atoms with Gasteiger partial charge in [0.1, 0.15) is 0 Å². The second-order valence-electron chi connectivity index (χ2n) is 5.00. The van der Waals surface area contributed by atoms with Crippen LogP contribution in [0.25, 0.3) is 0 Å². The molecule has 80 valence electrons.